The molecule has 1 spiro atoms. The zero-order valence-electron chi connectivity index (χ0n) is 10.1. The van der Waals surface area contributed by atoms with E-state index in [0.717, 1.165) is 11.8 Å². The van der Waals surface area contributed by atoms with Crippen LogP contribution in [0.1, 0.15) is 46.0 Å². The highest BCUT2D eigenvalue weighted by Crippen LogP contribution is 2.74. The van der Waals surface area contributed by atoms with Gasteiger partial charge in [-0.15, -0.1) is 0 Å². The molecule has 0 radical (unpaired) electrons. The zero-order valence-corrected chi connectivity index (χ0v) is 10.1. The first-order valence-electron chi connectivity index (χ1n) is 6.28. The Labute approximate surface area is 92.3 Å². The van der Waals surface area contributed by atoms with Gasteiger partial charge >= 0.3 is 0 Å². The predicted octanol–water partition coefficient (Wildman–Crippen LogP) is 2.96. The Hall–Kier alpha value is -0.0800. The molecule has 2 heteroatoms. The summed E-state index contributed by atoms with van der Waals surface area (Å²) in [7, 11) is 1.74. The van der Waals surface area contributed by atoms with Gasteiger partial charge in [0.15, 0.2) is 6.29 Å². The Morgan fingerprint density at radius 3 is 2.73 bits per heavy atom. The number of hydrogen-bond acceptors (Lipinski definition) is 2. The molecule has 0 amide bonds. The standard InChI is InChI=1S/C13H22O2/c1-9-4-12-6-11(12)7-13(5-9,8-12)15-10(2)14-3/h9-11H,4-8H2,1-3H3. The summed E-state index contributed by atoms with van der Waals surface area (Å²) in [6, 6.07) is 0. The van der Waals surface area contributed by atoms with Crippen molar-refractivity contribution in [1.29, 1.82) is 0 Å². The first kappa shape index (κ1) is 10.1. The van der Waals surface area contributed by atoms with Gasteiger partial charge in [0.2, 0.25) is 0 Å². The van der Waals surface area contributed by atoms with Crippen LogP contribution in [0.4, 0.5) is 0 Å². The summed E-state index contributed by atoms with van der Waals surface area (Å²) in [4.78, 5) is 0. The molecule has 3 aliphatic carbocycles. The predicted molar refractivity (Wildman–Crippen MR) is 58.5 cm³/mol. The first-order chi connectivity index (χ1) is 7.07. The number of methoxy groups -OCH3 is 1. The summed E-state index contributed by atoms with van der Waals surface area (Å²) in [5, 5.41) is 0. The molecule has 0 saturated heterocycles. The molecule has 3 saturated carbocycles. The van der Waals surface area contributed by atoms with E-state index in [2.05, 4.69) is 6.92 Å². The molecule has 0 N–H and O–H groups in total. The Balaban J connectivity index is 1.76. The average Bonchev–Trinajstić information content (AvgIpc) is 2.68. The zero-order chi connectivity index (χ0) is 10.7. The molecule has 86 valence electrons. The molecule has 3 rings (SSSR count). The third-order valence-electron chi connectivity index (χ3n) is 4.87. The molecule has 3 fully saturated rings. The molecule has 0 aromatic rings. The molecule has 2 nitrogen and oxygen atoms in total. The summed E-state index contributed by atoms with van der Waals surface area (Å²) in [6.07, 6.45) is 6.74. The van der Waals surface area contributed by atoms with Crippen molar-refractivity contribution in [3.05, 3.63) is 0 Å². The Morgan fingerprint density at radius 1 is 1.20 bits per heavy atom. The maximum Gasteiger partial charge on any atom is 0.155 e. The van der Waals surface area contributed by atoms with Crippen LogP contribution in [-0.2, 0) is 9.47 Å². The van der Waals surface area contributed by atoms with Gasteiger partial charge in [-0.25, -0.2) is 0 Å². The maximum absolute atomic E-state index is 6.16. The maximum atomic E-state index is 6.16. The van der Waals surface area contributed by atoms with E-state index < -0.39 is 0 Å². The molecular weight excluding hydrogens is 188 g/mol. The molecule has 2 bridgehead atoms. The fraction of sp³-hybridized carbons (Fsp3) is 1.00. The van der Waals surface area contributed by atoms with Crippen LogP contribution in [0.2, 0.25) is 0 Å². The Kier molecular flexibility index (Phi) is 2.01. The lowest BCUT2D eigenvalue weighted by Gasteiger charge is -2.41. The second-order valence-electron chi connectivity index (χ2n) is 6.26. The number of hydrogen-bond donors (Lipinski definition) is 0. The van der Waals surface area contributed by atoms with Crippen molar-refractivity contribution >= 4 is 0 Å². The van der Waals surface area contributed by atoms with Crippen LogP contribution in [0, 0.1) is 17.3 Å². The van der Waals surface area contributed by atoms with Crippen LogP contribution < -0.4 is 0 Å². The van der Waals surface area contributed by atoms with Gasteiger partial charge in [-0.05, 0) is 56.3 Å². The molecule has 0 heterocycles. The van der Waals surface area contributed by atoms with E-state index in [-0.39, 0.29) is 11.9 Å². The van der Waals surface area contributed by atoms with Crippen LogP contribution in [0.25, 0.3) is 0 Å². The monoisotopic (exact) mass is 210 g/mol. The smallest absolute Gasteiger partial charge is 0.155 e. The number of ether oxygens (including phenoxy) is 2. The van der Waals surface area contributed by atoms with Gasteiger partial charge < -0.3 is 9.47 Å². The minimum atomic E-state index is -0.0372. The SMILES string of the molecule is COC(C)OC12CC(C)CC3(CC3C1)C2. The molecule has 0 aromatic carbocycles. The van der Waals surface area contributed by atoms with Gasteiger partial charge in [0.25, 0.3) is 0 Å². The van der Waals surface area contributed by atoms with Crippen molar-refractivity contribution in [2.45, 2.75) is 57.8 Å². The van der Waals surface area contributed by atoms with E-state index in [1.807, 2.05) is 6.92 Å². The van der Waals surface area contributed by atoms with Crippen molar-refractivity contribution < 1.29 is 9.47 Å². The second-order valence-corrected chi connectivity index (χ2v) is 6.26. The summed E-state index contributed by atoms with van der Waals surface area (Å²) < 4.78 is 11.4. The quantitative estimate of drug-likeness (QED) is 0.667. The van der Waals surface area contributed by atoms with Crippen LogP contribution >= 0.6 is 0 Å². The molecule has 0 aliphatic heterocycles. The second kappa shape index (κ2) is 2.98. The lowest BCUT2D eigenvalue weighted by molar-refractivity contribution is -0.205. The van der Waals surface area contributed by atoms with Gasteiger partial charge in [0.05, 0.1) is 5.60 Å². The minimum absolute atomic E-state index is 0.0372. The van der Waals surface area contributed by atoms with E-state index in [0.29, 0.717) is 5.41 Å². The van der Waals surface area contributed by atoms with Crippen LogP contribution in [0.5, 0.6) is 0 Å². The molecule has 5 atom stereocenters. The Bertz CT molecular complexity index is 274. The van der Waals surface area contributed by atoms with Gasteiger partial charge in [-0.2, -0.15) is 0 Å². The summed E-state index contributed by atoms with van der Waals surface area (Å²) in [5.41, 5.74) is 0.876. The largest absolute Gasteiger partial charge is 0.356 e. The highest BCUT2D eigenvalue weighted by atomic mass is 16.7. The minimum Gasteiger partial charge on any atom is -0.356 e. The van der Waals surface area contributed by atoms with Gasteiger partial charge in [0.1, 0.15) is 0 Å². The fourth-order valence-electron chi connectivity index (χ4n) is 4.52. The van der Waals surface area contributed by atoms with E-state index in [1.54, 1.807) is 7.11 Å². The van der Waals surface area contributed by atoms with Crippen LogP contribution in [0.3, 0.4) is 0 Å². The van der Waals surface area contributed by atoms with E-state index in [4.69, 9.17) is 9.47 Å². The van der Waals surface area contributed by atoms with Gasteiger partial charge in [-0.3, -0.25) is 0 Å². The highest BCUT2D eigenvalue weighted by Gasteiger charge is 2.68. The number of rotatable bonds is 3. The highest BCUT2D eigenvalue weighted by molar-refractivity contribution is 5.18. The normalized spacial score (nSPS) is 53.8. The van der Waals surface area contributed by atoms with Crippen molar-refractivity contribution in [2.24, 2.45) is 17.3 Å². The van der Waals surface area contributed by atoms with Gasteiger partial charge in [-0.1, -0.05) is 6.92 Å². The lowest BCUT2D eigenvalue weighted by Crippen LogP contribution is -2.40. The molecule has 0 aromatic heterocycles. The summed E-state index contributed by atoms with van der Waals surface area (Å²) in [6.45, 7) is 4.40. The average molecular weight is 210 g/mol. The Morgan fingerprint density at radius 2 is 2.00 bits per heavy atom. The van der Waals surface area contributed by atoms with E-state index in [1.165, 1.54) is 32.1 Å². The van der Waals surface area contributed by atoms with Gasteiger partial charge in [0, 0.05) is 7.11 Å². The fourth-order valence-corrected chi connectivity index (χ4v) is 4.52. The number of fused-ring (bicyclic) bond motifs is 1. The molecular formula is C13H22O2. The van der Waals surface area contributed by atoms with Crippen molar-refractivity contribution in [1.82, 2.24) is 0 Å². The third kappa shape index (κ3) is 1.45. The molecule has 15 heavy (non-hydrogen) atoms. The first-order valence-corrected chi connectivity index (χ1v) is 6.28. The topological polar surface area (TPSA) is 18.5 Å². The van der Waals surface area contributed by atoms with Crippen molar-refractivity contribution in [2.75, 3.05) is 7.11 Å². The van der Waals surface area contributed by atoms with E-state index in [9.17, 15) is 0 Å². The molecule has 5 unspecified atom stereocenters. The third-order valence-corrected chi connectivity index (χ3v) is 4.87. The van der Waals surface area contributed by atoms with Crippen molar-refractivity contribution in [3.8, 4) is 0 Å². The lowest BCUT2D eigenvalue weighted by atomic mass is 9.74. The summed E-state index contributed by atoms with van der Waals surface area (Å²) >= 11 is 0. The van der Waals surface area contributed by atoms with Crippen LogP contribution in [-0.4, -0.2) is 19.0 Å². The van der Waals surface area contributed by atoms with Crippen molar-refractivity contribution in [3.63, 3.8) is 0 Å². The van der Waals surface area contributed by atoms with Crippen LogP contribution in [0.15, 0.2) is 0 Å². The van der Waals surface area contributed by atoms with E-state index >= 15 is 0 Å². The summed E-state index contributed by atoms with van der Waals surface area (Å²) in [5.74, 6) is 1.82. The molecule has 3 aliphatic rings.